The summed E-state index contributed by atoms with van der Waals surface area (Å²) in [5.74, 6) is 0. The van der Waals surface area contributed by atoms with Gasteiger partial charge in [-0.1, -0.05) is 0 Å². The Hall–Kier alpha value is -2.38. The summed E-state index contributed by atoms with van der Waals surface area (Å²) in [6.07, 6.45) is 4.37. The maximum Gasteiger partial charge on any atom is 0.405 e. The van der Waals surface area contributed by atoms with E-state index in [1.807, 2.05) is 11.8 Å². The summed E-state index contributed by atoms with van der Waals surface area (Å²) >= 11 is 0. The molecular weight excluding hydrogens is 300 g/mol. The molecule has 1 aliphatic heterocycles. The SMILES string of the molecule is CC1(NC(=O)O)CCCN(c2c([N+](=O)[O-])cnc3c2CCC3)C1. The van der Waals surface area contributed by atoms with Crippen LogP contribution in [-0.2, 0) is 12.8 Å². The average Bonchev–Trinajstić information content (AvgIpc) is 2.92. The molecule has 8 heteroatoms. The number of rotatable bonds is 3. The molecular formula is C15H20N4O4. The maximum atomic E-state index is 11.4. The van der Waals surface area contributed by atoms with Crippen molar-refractivity contribution in [2.45, 2.75) is 44.6 Å². The van der Waals surface area contributed by atoms with Gasteiger partial charge in [0.1, 0.15) is 11.9 Å². The van der Waals surface area contributed by atoms with E-state index in [1.165, 1.54) is 6.20 Å². The lowest BCUT2D eigenvalue weighted by atomic mass is 9.90. The lowest BCUT2D eigenvalue weighted by Crippen LogP contribution is -2.56. The van der Waals surface area contributed by atoms with Gasteiger partial charge in [0.2, 0.25) is 0 Å². The van der Waals surface area contributed by atoms with Crippen LogP contribution in [-0.4, -0.2) is 39.7 Å². The molecule has 1 unspecified atom stereocenters. The molecule has 0 radical (unpaired) electrons. The van der Waals surface area contributed by atoms with Crippen molar-refractivity contribution in [3.05, 3.63) is 27.6 Å². The molecule has 2 heterocycles. The van der Waals surface area contributed by atoms with E-state index in [0.29, 0.717) is 18.8 Å². The molecule has 124 valence electrons. The second-order valence-corrected chi connectivity index (χ2v) is 6.54. The Bertz CT molecular complexity index is 663. The molecule has 23 heavy (non-hydrogen) atoms. The van der Waals surface area contributed by atoms with E-state index in [9.17, 15) is 14.9 Å². The number of nitro groups is 1. The van der Waals surface area contributed by atoms with Crippen molar-refractivity contribution >= 4 is 17.5 Å². The molecule has 1 fully saturated rings. The quantitative estimate of drug-likeness (QED) is 0.652. The number of fused-ring (bicyclic) bond motifs is 1. The first-order valence-electron chi connectivity index (χ1n) is 7.81. The smallest absolute Gasteiger partial charge is 0.405 e. The third kappa shape index (κ3) is 2.93. The van der Waals surface area contributed by atoms with Gasteiger partial charge in [0.25, 0.3) is 0 Å². The number of piperidine rings is 1. The third-order valence-corrected chi connectivity index (χ3v) is 4.68. The fourth-order valence-corrected chi connectivity index (χ4v) is 3.76. The van der Waals surface area contributed by atoms with Crippen molar-refractivity contribution in [3.63, 3.8) is 0 Å². The van der Waals surface area contributed by atoms with Crippen LogP contribution in [0, 0.1) is 10.1 Å². The summed E-state index contributed by atoms with van der Waals surface area (Å²) in [5.41, 5.74) is 1.94. The van der Waals surface area contributed by atoms with Crippen molar-refractivity contribution in [2.24, 2.45) is 0 Å². The molecule has 1 aliphatic carbocycles. The molecule has 1 aromatic rings. The molecule has 0 aromatic carbocycles. The number of pyridine rings is 1. The second kappa shape index (κ2) is 5.68. The third-order valence-electron chi connectivity index (χ3n) is 4.68. The van der Waals surface area contributed by atoms with Gasteiger partial charge in [0, 0.05) is 24.3 Å². The van der Waals surface area contributed by atoms with Crippen LogP contribution in [0.15, 0.2) is 6.20 Å². The number of carboxylic acid groups (broad SMARTS) is 1. The molecule has 2 aliphatic rings. The van der Waals surface area contributed by atoms with Crippen LogP contribution >= 0.6 is 0 Å². The first kappa shape index (κ1) is 15.5. The monoisotopic (exact) mass is 320 g/mol. The van der Waals surface area contributed by atoms with Gasteiger partial charge in [0.15, 0.2) is 0 Å². The van der Waals surface area contributed by atoms with Crippen LogP contribution < -0.4 is 10.2 Å². The van der Waals surface area contributed by atoms with E-state index >= 15 is 0 Å². The van der Waals surface area contributed by atoms with Crippen LogP contribution in [0.25, 0.3) is 0 Å². The molecule has 8 nitrogen and oxygen atoms in total. The predicted octanol–water partition coefficient (Wildman–Crippen LogP) is 2.10. The van der Waals surface area contributed by atoms with Gasteiger partial charge in [-0.05, 0) is 39.0 Å². The number of anilines is 1. The summed E-state index contributed by atoms with van der Waals surface area (Å²) < 4.78 is 0. The zero-order valence-electron chi connectivity index (χ0n) is 13.0. The molecule has 3 rings (SSSR count). The summed E-state index contributed by atoms with van der Waals surface area (Å²) in [5, 5.41) is 23.0. The van der Waals surface area contributed by atoms with E-state index in [1.54, 1.807) is 0 Å². The average molecular weight is 320 g/mol. The Morgan fingerprint density at radius 2 is 2.26 bits per heavy atom. The Kier molecular flexibility index (Phi) is 3.83. The fraction of sp³-hybridized carbons (Fsp3) is 0.600. The fourth-order valence-electron chi connectivity index (χ4n) is 3.76. The van der Waals surface area contributed by atoms with Crippen molar-refractivity contribution in [2.75, 3.05) is 18.0 Å². The Morgan fingerprint density at radius 3 is 2.96 bits per heavy atom. The van der Waals surface area contributed by atoms with E-state index < -0.39 is 16.6 Å². The molecule has 1 amide bonds. The number of hydrogen-bond donors (Lipinski definition) is 2. The Morgan fingerprint density at radius 1 is 1.48 bits per heavy atom. The molecule has 0 spiro atoms. The van der Waals surface area contributed by atoms with Crippen molar-refractivity contribution in [1.29, 1.82) is 0 Å². The largest absolute Gasteiger partial charge is 0.465 e. The van der Waals surface area contributed by atoms with Crippen molar-refractivity contribution in [1.82, 2.24) is 10.3 Å². The van der Waals surface area contributed by atoms with Gasteiger partial charge >= 0.3 is 11.8 Å². The highest BCUT2D eigenvalue weighted by Gasteiger charge is 2.37. The second-order valence-electron chi connectivity index (χ2n) is 6.54. The van der Waals surface area contributed by atoms with Gasteiger partial charge < -0.3 is 15.3 Å². The molecule has 1 atom stereocenters. The molecule has 2 N–H and O–H groups in total. The Balaban J connectivity index is 1.99. The van der Waals surface area contributed by atoms with Gasteiger partial charge in [0.05, 0.1) is 10.5 Å². The highest BCUT2D eigenvalue weighted by Crippen LogP contribution is 2.39. The number of aromatic nitrogens is 1. The number of aryl methyl sites for hydroxylation is 1. The highest BCUT2D eigenvalue weighted by atomic mass is 16.6. The van der Waals surface area contributed by atoms with E-state index in [4.69, 9.17) is 5.11 Å². The van der Waals surface area contributed by atoms with Crippen LogP contribution in [0.3, 0.4) is 0 Å². The number of nitrogens with one attached hydrogen (secondary N) is 1. The number of nitrogens with zero attached hydrogens (tertiary/aromatic N) is 3. The van der Waals surface area contributed by atoms with E-state index in [-0.39, 0.29) is 5.69 Å². The lowest BCUT2D eigenvalue weighted by Gasteiger charge is -2.41. The number of carbonyl (C=O) groups is 1. The minimum atomic E-state index is -1.07. The molecule has 1 saturated heterocycles. The molecule has 1 aromatic heterocycles. The van der Waals surface area contributed by atoms with Gasteiger partial charge in [-0.2, -0.15) is 0 Å². The van der Waals surface area contributed by atoms with E-state index in [0.717, 1.165) is 43.4 Å². The summed E-state index contributed by atoms with van der Waals surface area (Å²) in [7, 11) is 0. The summed E-state index contributed by atoms with van der Waals surface area (Å²) in [6.45, 7) is 2.96. The van der Waals surface area contributed by atoms with Crippen molar-refractivity contribution in [3.8, 4) is 0 Å². The maximum absolute atomic E-state index is 11.4. The predicted molar refractivity (Wildman–Crippen MR) is 83.9 cm³/mol. The zero-order valence-corrected chi connectivity index (χ0v) is 13.0. The van der Waals surface area contributed by atoms with Crippen LogP contribution in [0.4, 0.5) is 16.2 Å². The van der Waals surface area contributed by atoms with Crippen molar-refractivity contribution < 1.29 is 14.8 Å². The Labute approximate surface area is 133 Å². The van der Waals surface area contributed by atoms with Crippen LogP contribution in [0.5, 0.6) is 0 Å². The normalized spacial score (nSPS) is 23.4. The number of hydrogen-bond acceptors (Lipinski definition) is 5. The molecule has 0 saturated carbocycles. The zero-order chi connectivity index (χ0) is 16.6. The standard InChI is InChI=1S/C15H20N4O4/c1-15(17-14(20)21)6-3-7-18(9-15)13-10-4-2-5-11(10)16-8-12(13)19(22)23/h8,17H,2-7,9H2,1H3,(H,20,21). The topological polar surface area (TPSA) is 109 Å². The van der Waals surface area contributed by atoms with Crippen LogP contribution in [0.1, 0.15) is 37.4 Å². The van der Waals surface area contributed by atoms with Gasteiger partial charge in [-0.3, -0.25) is 15.1 Å². The molecule has 0 bridgehead atoms. The van der Waals surface area contributed by atoms with E-state index in [2.05, 4.69) is 10.3 Å². The minimum Gasteiger partial charge on any atom is -0.465 e. The number of amides is 1. The van der Waals surface area contributed by atoms with Crippen LogP contribution in [0.2, 0.25) is 0 Å². The van der Waals surface area contributed by atoms with Gasteiger partial charge in [-0.15, -0.1) is 0 Å². The first-order valence-corrected chi connectivity index (χ1v) is 7.81. The first-order chi connectivity index (χ1) is 10.9. The minimum absolute atomic E-state index is 0.0187. The van der Waals surface area contributed by atoms with Gasteiger partial charge in [-0.25, -0.2) is 4.79 Å². The lowest BCUT2D eigenvalue weighted by molar-refractivity contribution is -0.384. The highest BCUT2D eigenvalue weighted by molar-refractivity contribution is 5.70. The summed E-state index contributed by atoms with van der Waals surface area (Å²) in [4.78, 5) is 28.3. The summed E-state index contributed by atoms with van der Waals surface area (Å²) in [6, 6.07) is 0.